The summed E-state index contributed by atoms with van der Waals surface area (Å²) in [6.07, 6.45) is 3.63. The minimum Gasteiger partial charge on any atom is -0.459 e. The number of hydrogen-bond acceptors (Lipinski definition) is 3. The molecule has 0 bridgehead atoms. The lowest BCUT2D eigenvalue weighted by Crippen LogP contribution is -2.34. The third-order valence-electron chi connectivity index (χ3n) is 3.55. The Morgan fingerprint density at radius 3 is 2.35 bits per heavy atom. The Morgan fingerprint density at radius 1 is 1.00 bits per heavy atom. The predicted octanol–water partition coefficient (Wildman–Crippen LogP) is 2.32. The summed E-state index contributed by atoms with van der Waals surface area (Å²) in [5.74, 6) is -0.0241. The highest BCUT2D eigenvalue weighted by Crippen LogP contribution is 2.07. The van der Waals surface area contributed by atoms with Crippen LogP contribution in [0.15, 0.2) is 47.1 Å². The van der Waals surface area contributed by atoms with Gasteiger partial charge in [0.25, 0.3) is 5.91 Å². The first kappa shape index (κ1) is 16.8. The summed E-state index contributed by atoms with van der Waals surface area (Å²) >= 11 is 0. The zero-order chi connectivity index (χ0) is 16.5. The van der Waals surface area contributed by atoms with Gasteiger partial charge in [-0.1, -0.05) is 31.2 Å². The lowest BCUT2D eigenvalue weighted by molar-refractivity contribution is -0.121. The van der Waals surface area contributed by atoms with Gasteiger partial charge < -0.3 is 15.1 Å². The highest BCUT2D eigenvalue weighted by molar-refractivity contribution is 5.91. The SMILES string of the molecule is CCc1ccc(CCC(=O)NCCNC(=O)c2ccco2)cc1. The maximum absolute atomic E-state index is 11.8. The first-order chi connectivity index (χ1) is 11.2. The van der Waals surface area contributed by atoms with E-state index in [2.05, 4.69) is 41.8 Å². The molecule has 2 amide bonds. The fourth-order valence-corrected chi connectivity index (χ4v) is 2.16. The number of amides is 2. The van der Waals surface area contributed by atoms with Gasteiger partial charge in [-0.05, 0) is 36.1 Å². The number of hydrogen-bond donors (Lipinski definition) is 2. The maximum atomic E-state index is 11.8. The van der Waals surface area contributed by atoms with Gasteiger partial charge in [-0.2, -0.15) is 0 Å². The summed E-state index contributed by atoms with van der Waals surface area (Å²) in [4.78, 5) is 23.4. The van der Waals surface area contributed by atoms with E-state index < -0.39 is 0 Å². The van der Waals surface area contributed by atoms with Crippen LogP contribution in [0.2, 0.25) is 0 Å². The number of furan rings is 1. The summed E-state index contributed by atoms with van der Waals surface area (Å²) in [6.45, 7) is 2.89. The molecule has 1 aromatic carbocycles. The predicted molar refractivity (Wildman–Crippen MR) is 88.2 cm³/mol. The van der Waals surface area contributed by atoms with E-state index in [1.54, 1.807) is 12.1 Å². The molecule has 0 spiro atoms. The van der Waals surface area contributed by atoms with Crippen molar-refractivity contribution in [3.63, 3.8) is 0 Å². The number of carbonyl (C=O) groups is 2. The Kier molecular flexibility index (Phi) is 6.41. The molecule has 122 valence electrons. The van der Waals surface area contributed by atoms with E-state index in [-0.39, 0.29) is 17.6 Å². The van der Waals surface area contributed by atoms with Crippen molar-refractivity contribution in [3.05, 3.63) is 59.5 Å². The second-order valence-electron chi connectivity index (χ2n) is 5.25. The van der Waals surface area contributed by atoms with Crippen molar-refractivity contribution in [1.82, 2.24) is 10.6 Å². The van der Waals surface area contributed by atoms with Crippen molar-refractivity contribution in [2.75, 3.05) is 13.1 Å². The van der Waals surface area contributed by atoms with Crippen molar-refractivity contribution >= 4 is 11.8 Å². The number of benzene rings is 1. The van der Waals surface area contributed by atoms with Crippen LogP contribution in [0.4, 0.5) is 0 Å². The lowest BCUT2D eigenvalue weighted by atomic mass is 10.1. The second kappa shape index (κ2) is 8.78. The van der Waals surface area contributed by atoms with Gasteiger partial charge >= 0.3 is 0 Å². The van der Waals surface area contributed by atoms with Crippen LogP contribution in [0.3, 0.4) is 0 Å². The van der Waals surface area contributed by atoms with Crippen molar-refractivity contribution in [2.24, 2.45) is 0 Å². The van der Waals surface area contributed by atoms with Gasteiger partial charge in [-0.15, -0.1) is 0 Å². The molecule has 0 aliphatic carbocycles. The first-order valence-corrected chi connectivity index (χ1v) is 7.85. The van der Waals surface area contributed by atoms with Gasteiger partial charge in [0.15, 0.2) is 5.76 Å². The summed E-state index contributed by atoms with van der Waals surface area (Å²) < 4.78 is 4.98. The van der Waals surface area contributed by atoms with Crippen LogP contribution < -0.4 is 10.6 Å². The minimum absolute atomic E-state index is 0.0168. The molecule has 2 N–H and O–H groups in total. The normalized spacial score (nSPS) is 10.3. The Bertz CT molecular complexity index is 618. The second-order valence-corrected chi connectivity index (χ2v) is 5.25. The zero-order valence-electron chi connectivity index (χ0n) is 13.3. The van der Waals surface area contributed by atoms with Crippen molar-refractivity contribution in [3.8, 4) is 0 Å². The van der Waals surface area contributed by atoms with Crippen LogP contribution in [0, 0.1) is 0 Å². The van der Waals surface area contributed by atoms with E-state index in [1.165, 1.54) is 11.8 Å². The maximum Gasteiger partial charge on any atom is 0.287 e. The third-order valence-corrected chi connectivity index (χ3v) is 3.55. The summed E-state index contributed by atoms with van der Waals surface area (Å²) in [6, 6.07) is 11.6. The summed E-state index contributed by atoms with van der Waals surface area (Å²) in [5, 5.41) is 5.47. The Balaban J connectivity index is 1.60. The molecule has 23 heavy (non-hydrogen) atoms. The molecule has 5 heteroatoms. The molecule has 0 unspecified atom stereocenters. The molecule has 0 saturated heterocycles. The lowest BCUT2D eigenvalue weighted by Gasteiger charge is -2.07. The van der Waals surface area contributed by atoms with Crippen LogP contribution in [-0.4, -0.2) is 24.9 Å². The van der Waals surface area contributed by atoms with Crippen LogP contribution in [0.5, 0.6) is 0 Å². The largest absolute Gasteiger partial charge is 0.459 e. The van der Waals surface area contributed by atoms with E-state index >= 15 is 0 Å². The molecule has 1 aromatic heterocycles. The number of rotatable bonds is 8. The molecule has 0 radical (unpaired) electrons. The highest BCUT2D eigenvalue weighted by atomic mass is 16.3. The monoisotopic (exact) mass is 314 g/mol. The molecule has 0 aliphatic rings. The first-order valence-electron chi connectivity index (χ1n) is 7.85. The van der Waals surface area contributed by atoms with E-state index in [4.69, 9.17) is 4.42 Å². The summed E-state index contributed by atoms with van der Waals surface area (Å²) in [5.41, 5.74) is 2.45. The molecule has 2 aromatic rings. The Labute approximate surface area is 136 Å². The topological polar surface area (TPSA) is 71.3 Å². The van der Waals surface area contributed by atoms with Crippen molar-refractivity contribution in [1.29, 1.82) is 0 Å². The van der Waals surface area contributed by atoms with Gasteiger partial charge in [0.1, 0.15) is 0 Å². The number of aryl methyl sites for hydroxylation is 2. The van der Waals surface area contributed by atoms with E-state index in [9.17, 15) is 9.59 Å². The van der Waals surface area contributed by atoms with Crippen LogP contribution >= 0.6 is 0 Å². The van der Waals surface area contributed by atoms with Gasteiger partial charge in [0.2, 0.25) is 5.91 Å². The fraction of sp³-hybridized carbons (Fsp3) is 0.333. The quantitative estimate of drug-likeness (QED) is 0.735. The average molecular weight is 314 g/mol. The molecule has 1 heterocycles. The van der Waals surface area contributed by atoms with Crippen molar-refractivity contribution < 1.29 is 14.0 Å². The van der Waals surface area contributed by atoms with E-state index in [0.29, 0.717) is 25.9 Å². The van der Waals surface area contributed by atoms with Crippen LogP contribution in [-0.2, 0) is 17.6 Å². The molecule has 0 fully saturated rings. The van der Waals surface area contributed by atoms with Crippen LogP contribution in [0.25, 0.3) is 0 Å². The van der Waals surface area contributed by atoms with Crippen molar-refractivity contribution in [2.45, 2.75) is 26.2 Å². The highest BCUT2D eigenvalue weighted by Gasteiger charge is 2.07. The van der Waals surface area contributed by atoms with Crippen LogP contribution in [0.1, 0.15) is 35.0 Å². The summed E-state index contributed by atoms with van der Waals surface area (Å²) in [7, 11) is 0. The molecule has 0 atom stereocenters. The number of nitrogens with one attached hydrogen (secondary N) is 2. The smallest absolute Gasteiger partial charge is 0.287 e. The van der Waals surface area contributed by atoms with Gasteiger partial charge in [0, 0.05) is 19.5 Å². The molecule has 5 nitrogen and oxygen atoms in total. The van der Waals surface area contributed by atoms with Gasteiger partial charge in [0.05, 0.1) is 6.26 Å². The Hall–Kier alpha value is -2.56. The molecule has 0 saturated carbocycles. The third kappa shape index (κ3) is 5.62. The molecular weight excluding hydrogens is 292 g/mol. The minimum atomic E-state index is -0.278. The van der Waals surface area contributed by atoms with E-state index in [1.807, 2.05) is 0 Å². The standard InChI is InChI=1S/C18H22N2O3/c1-2-14-5-7-15(8-6-14)9-10-17(21)19-11-12-20-18(22)16-4-3-13-23-16/h3-8,13H,2,9-12H2,1H3,(H,19,21)(H,20,22). The van der Waals surface area contributed by atoms with Gasteiger partial charge in [-0.3, -0.25) is 9.59 Å². The van der Waals surface area contributed by atoms with Gasteiger partial charge in [-0.25, -0.2) is 0 Å². The molecule has 2 rings (SSSR count). The zero-order valence-corrected chi connectivity index (χ0v) is 13.3. The molecule has 0 aliphatic heterocycles. The molecular formula is C18H22N2O3. The average Bonchev–Trinajstić information content (AvgIpc) is 3.12. The fourth-order valence-electron chi connectivity index (χ4n) is 2.16. The number of carbonyl (C=O) groups excluding carboxylic acids is 2. The Morgan fingerprint density at radius 2 is 1.70 bits per heavy atom. The van der Waals surface area contributed by atoms with E-state index in [0.717, 1.165) is 12.0 Å².